The Morgan fingerprint density at radius 2 is 2.00 bits per heavy atom. The average Bonchev–Trinajstić information content (AvgIpc) is 2.13. The molecule has 1 rings (SSSR count). The summed E-state index contributed by atoms with van der Waals surface area (Å²) >= 11 is 0. The van der Waals surface area contributed by atoms with Crippen molar-refractivity contribution >= 4 is 11.8 Å². The zero-order chi connectivity index (χ0) is 11.8. The van der Waals surface area contributed by atoms with Crippen molar-refractivity contribution in [1.29, 1.82) is 0 Å². The molecule has 0 bridgehead atoms. The van der Waals surface area contributed by atoms with Gasteiger partial charge in [-0.15, -0.1) is 0 Å². The second kappa shape index (κ2) is 3.81. The standard InChI is InChI=1S/C10H19N3O2/c1-7(11)8(14)13-6-5-12(4)9(15)10(13,2)3/h7H,5-6,11H2,1-4H3/t7-/m1/s1. The summed E-state index contributed by atoms with van der Waals surface area (Å²) in [5, 5.41) is 0. The van der Waals surface area contributed by atoms with Gasteiger partial charge in [-0.1, -0.05) is 0 Å². The van der Waals surface area contributed by atoms with Gasteiger partial charge in [-0.05, 0) is 20.8 Å². The summed E-state index contributed by atoms with van der Waals surface area (Å²) in [5.74, 6) is -0.204. The molecule has 2 N–H and O–H groups in total. The van der Waals surface area contributed by atoms with Crippen LogP contribution in [0.5, 0.6) is 0 Å². The van der Waals surface area contributed by atoms with Gasteiger partial charge in [0.1, 0.15) is 5.54 Å². The quantitative estimate of drug-likeness (QED) is 0.633. The van der Waals surface area contributed by atoms with Gasteiger partial charge in [0.15, 0.2) is 0 Å². The molecule has 1 heterocycles. The summed E-state index contributed by atoms with van der Waals surface area (Å²) < 4.78 is 0. The van der Waals surface area contributed by atoms with Crippen molar-refractivity contribution in [3.63, 3.8) is 0 Å². The number of nitrogens with zero attached hydrogens (tertiary/aromatic N) is 2. The first-order valence-corrected chi connectivity index (χ1v) is 5.11. The third-order valence-corrected chi connectivity index (χ3v) is 2.86. The maximum absolute atomic E-state index is 11.9. The second-order valence-corrected chi connectivity index (χ2v) is 4.56. The zero-order valence-electron chi connectivity index (χ0n) is 9.78. The van der Waals surface area contributed by atoms with E-state index in [0.717, 1.165) is 0 Å². The summed E-state index contributed by atoms with van der Waals surface area (Å²) in [7, 11) is 1.75. The van der Waals surface area contributed by atoms with Crippen LogP contribution < -0.4 is 5.73 Å². The normalized spacial score (nSPS) is 22.9. The molecule has 0 saturated carbocycles. The Kier molecular flexibility index (Phi) is 3.04. The van der Waals surface area contributed by atoms with Crippen LogP contribution in [0.2, 0.25) is 0 Å². The molecular formula is C10H19N3O2. The maximum Gasteiger partial charge on any atom is 0.247 e. The molecule has 5 nitrogen and oxygen atoms in total. The summed E-state index contributed by atoms with van der Waals surface area (Å²) in [6.07, 6.45) is 0. The van der Waals surface area contributed by atoms with Crippen molar-refractivity contribution in [3.05, 3.63) is 0 Å². The van der Waals surface area contributed by atoms with Crippen LogP contribution >= 0.6 is 0 Å². The third-order valence-electron chi connectivity index (χ3n) is 2.86. The lowest BCUT2D eigenvalue weighted by molar-refractivity contribution is -0.157. The van der Waals surface area contributed by atoms with E-state index in [0.29, 0.717) is 13.1 Å². The van der Waals surface area contributed by atoms with Gasteiger partial charge in [0.2, 0.25) is 11.8 Å². The Hall–Kier alpha value is -1.10. The first-order chi connectivity index (χ1) is 6.78. The molecular weight excluding hydrogens is 194 g/mol. The lowest BCUT2D eigenvalue weighted by atomic mass is 9.97. The second-order valence-electron chi connectivity index (χ2n) is 4.56. The Morgan fingerprint density at radius 3 is 2.47 bits per heavy atom. The topological polar surface area (TPSA) is 66.6 Å². The Labute approximate surface area is 90.2 Å². The van der Waals surface area contributed by atoms with E-state index in [1.54, 1.807) is 37.6 Å². The smallest absolute Gasteiger partial charge is 0.247 e. The first kappa shape index (κ1) is 12.0. The van der Waals surface area contributed by atoms with Gasteiger partial charge < -0.3 is 15.5 Å². The number of nitrogens with two attached hydrogens (primary N) is 1. The molecule has 15 heavy (non-hydrogen) atoms. The first-order valence-electron chi connectivity index (χ1n) is 5.11. The lowest BCUT2D eigenvalue weighted by Gasteiger charge is -2.45. The van der Waals surface area contributed by atoms with Crippen molar-refractivity contribution in [1.82, 2.24) is 9.80 Å². The number of carbonyl (C=O) groups is 2. The van der Waals surface area contributed by atoms with E-state index in [4.69, 9.17) is 5.73 Å². The molecule has 1 aliphatic rings. The fraction of sp³-hybridized carbons (Fsp3) is 0.800. The molecule has 0 spiro atoms. The van der Waals surface area contributed by atoms with Crippen LogP contribution in [0.4, 0.5) is 0 Å². The number of carbonyl (C=O) groups excluding carboxylic acids is 2. The highest BCUT2D eigenvalue weighted by atomic mass is 16.2. The van der Waals surface area contributed by atoms with Crippen molar-refractivity contribution in [2.45, 2.75) is 32.4 Å². The van der Waals surface area contributed by atoms with Gasteiger partial charge in [-0.3, -0.25) is 9.59 Å². The molecule has 2 amide bonds. The van der Waals surface area contributed by atoms with E-state index in [1.807, 2.05) is 0 Å². The molecule has 1 aliphatic heterocycles. The molecule has 1 atom stereocenters. The van der Waals surface area contributed by atoms with E-state index in [1.165, 1.54) is 0 Å². The van der Waals surface area contributed by atoms with Crippen molar-refractivity contribution in [3.8, 4) is 0 Å². The summed E-state index contributed by atoms with van der Waals surface area (Å²) in [6, 6.07) is -0.555. The molecule has 0 aliphatic carbocycles. The Bertz CT molecular complexity index is 286. The van der Waals surface area contributed by atoms with Gasteiger partial charge in [-0.2, -0.15) is 0 Å². The largest absolute Gasteiger partial charge is 0.342 e. The average molecular weight is 213 g/mol. The highest BCUT2D eigenvalue weighted by molar-refractivity contribution is 5.93. The van der Waals surface area contributed by atoms with Crippen molar-refractivity contribution in [2.24, 2.45) is 5.73 Å². The molecule has 1 fully saturated rings. The van der Waals surface area contributed by atoms with Gasteiger partial charge in [0, 0.05) is 20.1 Å². The van der Waals surface area contributed by atoms with Gasteiger partial charge in [0.05, 0.1) is 6.04 Å². The lowest BCUT2D eigenvalue weighted by Crippen LogP contribution is -2.65. The van der Waals surface area contributed by atoms with Gasteiger partial charge in [-0.25, -0.2) is 0 Å². The van der Waals surface area contributed by atoms with Crippen LogP contribution in [-0.2, 0) is 9.59 Å². The predicted octanol–water partition coefficient (Wildman–Crippen LogP) is -0.587. The number of rotatable bonds is 1. The van der Waals surface area contributed by atoms with Crippen LogP contribution in [0.25, 0.3) is 0 Å². The molecule has 1 saturated heterocycles. The highest BCUT2D eigenvalue weighted by Crippen LogP contribution is 2.22. The number of hydrogen-bond acceptors (Lipinski definition) is 3. The predicted molar refractivity (Wildman–Crippen MR) is 57.1 cm³/mol. The minimum Gasteiger partial charge on any atom is -0.342 e. The number of piperazine rings is 1. The molecule has 0 aromatic rings. The van der Waals surface area contributed by atoms with E-state index in [9.17, 15) is 9.59 Å². The highest BCUT2D eigenvalue weighted by Gasteiger charge is 2.43. The number of hydrogen-bond donors (Lipinski definition) is 1. The van der Waals surface area contributed by atoms with Crippen molar-refractivity contribution in [2.75, 3.05) is 20.1 Å². The van der Waals surface area contributed by atoms with Crippen LogP contribution in [0.3, 0.4) is 0 Å². The van der Waals surface area contributed by atoms with Crippen LogP contribution in [0, 0.1) is 0 Å². The van der Waals surface area contributed by atoms with E-state index < -0.39 is 11.6 Å². The van der Waals surface area contributed by atoms with Crippen LogP contribution in [0.15, 0.2) is 0 Å². The fourth-order valence-electron chi connectivity index (χ4n) is 1.85. The van der Waals surface area contributed by atoms with E-state index in [2.05, 4.69) is 0 Å². The molecule has 86 valence electrons. The SMILES string of the molecule is C[C@@H](N)C(=O)N1CCN(C)C(=O)C1(C)C. The fourth-order valence-corrected chi connectivity index (χ4v) is 1.85. The third kappa shape index (κ3) is 1.97. The summed E-state index contributed by atoms with van der Waals surface area (Å²) in [5.41, 5.74) is 4.77. The zero-order valence-corrected chi connectivity index (χ0v) is 9.78. The number of amides is 2. The van der Waals surface area contributed by atoms with Crippen molar-refractivity contribution < 1.29 is 9.59 Å². The molecule has 0 unspecified atom stereocenters. The maximum atomic E-state index is 11.9. The summed E-state index contributed by atoms with van der Waals surface area (Å²) in [6.45, 7) is 6.27. The molecule has 5 heteroatoms. The van der Waals surface area contributed by atoms with Crippen LogP contribution in [-0.4, -0.2) is 53.3 Å². The molecule has 0 aromatic carbocycles. The monoisotopic (exact) mass is 213 g/mol. The van der Waals surface area contributed by atoms with Gasteiger partial charge in [0.25, 0.3) is 0 Å². The summed E-state index contributed by atoms with van der Waals surface area (Å²) in [4.78, 5) is 26.9. The van der Waals surface area contributed by atoms with Gasteiger partial charge >= 0.3 is 0 Å². The van der Waals surface area contributed by atoms with E-state index in [-0.39, 0.29) is 11.8 Å². The number of likely N-dealkylation sites (N-methyl/N-ethyl adjacent to an activating group) is 1. The molecule has 0 radical (unpaired) electrons. The molecule has 0 aromatic heterocycles. The van der Waals surface area contributed by atoms with Crippen LogP contribution in [0.1, 0.15) is 20.8 Å². The Balaban J connectivity index is 2.92. The minimum atomic E-state index is -0.780. The van der Waals surface area contributed by atoms with E-state index >= 15 is 0 Å². The Morgan fingerprint density at radius 1 is 1.47 bits per heavy atom. The minimum absolute atomic E-state index is 0.0391.